The standard InChI is InChI=1S/C18H20ClN3O3/c1-11-15(21-18(25-11)13-3-2-4-14(19)9-13)10-16(23)22-7-5-12(6-8-22)17(20)24/h2-4,9,12H,5-8,10H2,1H3,(H2,20,24). The Morgan fingerprint density at radius 2 is 2.08 bits per heavy atom. The van der Waals surface area contributed by atoms with Crippen LogP contribution in [0.4, 0.5) is 0 Å². The van der Waals surface area contributed by atoms with E-state index in [1.807, 2.05) is 12.1 Å². The van der Waals surface area contributed by atoms with Crippen molar-refractivity contribution in [2.75, 3.05) is 13.1 Å². The number of aryl methyl sites for hydroxylation is 1. The van der Waals surface area contributed by atoms with Crippen molar-refractivity contribution in [3.05, 3.63) is 40.7 Å². The van der Waals surface area contributed by atoms with Crippen LogP contribution in [-0.4, -0.2) is 34.8 Å². The molecule has 1 aliphatic rings. The van der Waals surface area contributed by atoms with Gasteiger partial charge in [0.2, 0.25) is 17.7 Å². The Balaban J connectivity index is 1.67. The first kappa shape index (κ1) is 17.5. The number of likely N-dealkylation sites (tertiary alicyclic amines) is 1. The summed E-state index contributed by atoms with van der Waals surface area (Å²) in [7, 11) is 0. The van der Waals surface area contributed by atoms with E-state index in [0.29, 0.717) is 48.3 Å². The molecule has 0 unspecified atom stereocenters. The number of amides is 2. The molecule has 132 valence electrons. The fourth-order valence-corrected chi connectivity index (χ4v) is 3.20. The van der Waals surface area contributed by atoms with Crippen LogP contribution in [0.2, 0.25) is 5.02 Å². The molecule has 2 N–H and O–H groups in total. The topological polar surface area (TPSA) is 89.4 Å². The van der Waals surface area contributed by atoms with Gasteiger partial charge >= 0.3 is 0 Å². The van der Waals surface area contributed by atoms with Gasteiger partial charge in [-0.15, -0.1) is 0 Å². The van der Waals surface area contributed by atoms with E-state index in [9.17, 15) is 9.59 Å². The van der Waals surface area contributed by atoms with Gasteiger partial charge in [0.05, 0.1) is 12.1 Å². The van der Waals surface area contributed by atoms with Gasteiger partial charge in [-0.05, 0) is 38.0 Å². The number of primary amides is 1. The van der Waals surface area contributed by atoms with E-state index in [4.69, 9.17) is 21.8 Å². The lowest BCUT2D eigenvalue weighted by atomic mass is 9.96. The van der Waals surface area contributed by atoms with Crippen molar-refractivity contribution in [1.82, 2.24) is 9.88 Å². The lowest BCUT2D eigenvalue weighted by Gasteiger charge is -2.30. The van der Waals surface area contributed by atoms with Gasteiger partial charge in [-0.3, -0.25) is 9.59 Å². The summed E-state index contributed by atoms with van der Waals surface area (Å²) in [6.45, 7) is 2.89. The molecule has 25 heavy (non-hydrogen) atoms. The number of carbonyl (C=O) groups excluding carboxylic acids is 2. The van der Waals surface area contributed by atoms with Crippen LogP contribution in [0.1, 0.15) is 24.3 Å². The second kappa shape index (κ2) is 7.27. The van der Waals surface area contributed by atoms with Crippen LogP contribution in [0.15, 0.2) is 28.7 Å². The fraction of sp³-hybridized carbons (Fsp3) is 0.389. The van der Waals surface area contributed by atoms with Crippen LogP contribution >= 0.6 is 11.6 Å². The summed E-state index contributed by atoms with van der Waals surface area (Å²) in [5, 5.41) is 0.600. The molecule has 2 aromatic rings. The Bertz CT molecular complexity index is 795. The Hall–Kier alpha value is -2.34. The van der Waals surface area contributed by atoms with Gasteiger partial charge in [0.15, 0.2) is 0 Å². The number of rotatable bonds is 4. The average molecular weight is 362 g/mol. The minimum atomic E-state index is -0.286. The lowest BCUT2D eigenvalue weighted by molar-refractivity contribution is -0.134. The summed E-state index contributed by atoms with van der Waals surface area (Å²) < 4.78 is 5.69. The van der Waals surface area contributed by atoms with E-state index in [1.54, 1.807) is 24.0 Å². The van der Waals surface area contributed by atoms with Crippen LogP contribution in [0, 0.1) is 12.8 Å². The lowest BCUT2D eigenvalue weighted by Crippen LogP contribution is -2.42. The highest BCUT2D eigenvalue weighted by Crippen LogP contribution is 2.25. The maximum absolute atomic E-state index is 12.5. The average Bonchev–Trinajstić information content (AvgIpc) is 2.96. The summed E-state index contributed by atoms with van der Waals surface area (Å²) in [6.07, 6.45) is 1.41. The predicted octanol–water partition coefficient (Wildman–Crippen LogP) is 2.57. The molecule has 1 saturated heterocycles. The van der Waals surface area contributed by atoms with Gasteiger partial charge in [0, 0.05) is 29.6 Å². The molecule has 2 heterocycles. The zero-order chi connectivity index (χ0) is 18.0. The van der Waals surface area contributed by atoms with Gasteiger partial charge in [-0.1, -0.05) is 17.7 Å². The highest BCUT2D eigenvalue weighted by molar-refractivity contribution is 6.30. The summed E-state index contributed by atoms with van der Waals surface area (Å²) in [5.74, 6) is 0.639. The molecule has 0 aliphatic carbocycles. The number of aromatic nitrogens is 1. The number of oxazole rings is 1. The Morgan fingerprint density at radius 1 is 1.36 bits per heavy atom. The van der Waals surface area contributed by atoms with Crippen molar-refractivity contribution >= 4 is 23.4 Å². The molecule has 1 aromatic carbocycles. The molecule has 2 amide bonds. The second-order valence-electron chi connectivity index (χ2n) is 6.27. The van der Waals surface area contributed by atoms with Gasteiger partial charge in [0.25, 0.3) is 0 Å². The Morgan fingerprint density at radius 3 is 2.72 bits per heavy atom. The minimum absolute atomic E-state index is 0.0167. The first-order valence-electron chi connectivity index (χ1n) is 8.23. The molecule has 0 spiro atoms. The van der Waals surface area contributed by atoms with Gasteiger partial charge < -0.3 is 15.1 Å². The van der Waals surface area contributed by atoms with Crippen LogP contribution < -0.4 is 5.73 Å². The van der Waals surface area contributed by atoms with E-state index >= 15 is 0 Å². The largest absolute Gasteiger partial charge is 0.441 e. The SMILES string of the molecule is Cc1oc(-c2cccc(Cl)c2)nc1CC(=O)N1CCC(C(N)=O)CC1. The van der Waals surface area contributed by atoms with Crippen molar-refractivity contribution in [2.45, 2.75) is 26.2 Å². The maximum Gasteiger partial charge on any atom is 0.228 e. The number of nitrogens with two attached hydrogens (primary N) is 1. The molecule has 6 nitrogen and oxygen atoms in total. The monoisotopic (exact) mass is 361 g/mol. The van der Waals surface area contributed by atoms with Gasteiger partial charge in [0.1, 0.15) is 5.76 Å². The van der Waals surface area contributed by atoms with Crippen molar-refractivity contribution < 1.29 is 14.0 Å². The van der Waals surface area contributed by atoms with Crippen molar-refractivity contribution in [3.63, 3.8) is 0 Å². The van der Waals surface area contributed by atoms with Gasteiger partial charge in [-0.2, -0.15) is 0 Å². The Kier molecular flexibility index (Phi) is 5.08. The first-order chi connectivity index (χ1) is 11.9. The predicted molar refractivity (Wildman–Crippen MR) is 93.9 cm³/mol. The number of benzene rings is 1. The number of hydrogen-bond donors (Lipinski definition) is 1. The first-order valence-corrected chi connectivity index (χ1v) is 8.61. The summed E-state index contributed by atoms with van der Waals surface area (Å²) in [6, 6.07) is 7.23. The van der Waals surface area contributed by atoms with E-state index in [1.165, 1.54) is 0 Å². The van der Waals surface area contributed by atoms with Crippen molar-refractivity contribution in [2.24, 2.45) is 11.7 Å². The van der Waals surface area contributed by atoms with E-state index < -0.39 is 0 Å². The highest BCUT2D eigenvalue weighted by atomic mass is 35.5. The summed E-state index contributed by atoms with van der Waals surface area (Å²) in [5.41, 5.74) is 6.72. The molecular weight excluding hydrogens is 342 g/mol. The highest BCUT2D eigenvalue weighted by Gasteiger charge is 2.26. The number of hydrogen-bond acceptors (Lipinski definition) is 4. The molecule has 0 saturated carbocycles. The molecular formula is C18H20ClN3O3. The zero-order valence-corrected chi connectivity index (χ0v) is 14.8. The molecule has 0 atom stereocenters. The second-order valence-corrected chi connectivity index (χ2v) is 6.70. The van der Waals surface area contributed by atoms with Crippen LogP contribution in [-0.2, 0) is 16.0 Å². The molecule has 1 aromatic heterocycles. The molecule has 0 bridgehead atoms. The number of piperidine rings is 1. The third-order valence-corrected chi connectivity index (χ3v) is 4.77. The number of carbonyl (C=O) groups is 2. The summed E-state index contributed by atoms with van der Waals surface area (Å²) >= 11 is 6.00. The molecule has 0 radical (unpaired) electrons. The molecule has 1 fully saturated rings. The quantitative estimate of drug-likeness (QED) is 0.906. The number of nitrogens with zero attached hydrogens (tertiary/aromatic N) is 2. The van der Waals surface area contributed by atoms with Crippen LogP contribution in [0.25, 0.3) is 11.5 Å². The van der Waals surface area contributed by atoms with E-state index in [0.717, 1.165) is 5.56 Å². The van der Waals surface area contributed by atoms with E-state index in [2.05, 4.69) is 4.98 Å². The Labute approximate surface area is 151 Å². The fourth-order valence-electron chi connectivity index (χ4n) is 3.01. The van der Waals surface area contributed by atoms with Crippen molar-refractivity contribution in [1.29, 1.82) is 0 Å². The summed E-state index contributed by atoms with van der Waals surface area (Å²) in [4.78, 5) is 29.9. The number of halogens is 1. The molecule has 1 aliphatic heterocycles. The van der Waals surface area contributed by atoms with Crippen LogP contribution in [0.5, 0.6) is 0 Å². The maximum atomic E-state index is 12.5. The van der Waals surface area contributed by atoms with Crippen molar-refractivity contribution in [3.8, 4) is 11.5 Å². The minimum Gasteiger partial charge on any atom is -0.441 e. The molecule has 3 rings (SSSR count). The smallest absolute Gasteiger partial charge is 0.228 e. The third kappa shape index (κ3) is 4.02. The third-order valence-electron chi connectivity index (χ3n) is 4.53. The molecule has 7 heteroatoms. The van der Waals surface area contributed by atoms with Crippen LogP contribution in [0.3, 0.4) is 0 Å². The normalized spacial score (nSPS) is 15.4. The van der Waals surface area contributed by atoms with Gasteiger partial charge in [-0.25, -0.2) is 4.98 Å². The zero-order valence-electron chi connectivity index (χ0n) is 14.0. The van der Waals surface area contributed by atoms with E-state index in [-0.39, 0.29) is 24.2 Å².